The van der Waals surface area contributed by atoms with Crippen molar-refractivity contribution in [1.82, 2.24) is 14.5 Å². The predicted molar refractivity (Wildman–Crippen MR) is 140 cm³/mol. The van der Waals surface area contributed by atoms with Crippen LogP contribution in [0.3, 0.4) is 0 Å². The summed E-state index contributed by atoms with van der Waals surface area (Å²) >= 11 is 0. The van der Waals surface area contributed by atoms with Crippen LogP contribution >= 0.6 is 0 Å². The molecule has 0 radical (unpaired) electrons. The third-order valence-electron chi connectivity index (χ3n) is 6.19. The van der Waals surface area contributed by atoms with Gasteiger partial charge in [0.2, 0.25) is 15.7 Å². The van der Waals surface area contributed by atoms with Crippen LogP contribution in [-0.4, -0.2) is 41.8 Å². The van der Waals surface area contributed by atoms with Crippen molar-refractivity contribution in [2.24, 2.45) is 0 Å². The maximum absolute atomic E-state index is 13.8. The lowest BCUT2D eigenvalue weighted by Gasteiger charge is -2.23. The van der Waals surface area contributed by atoms with E-state index in [4.69, 9.17) is 4.74 Å². The van der Waals surface area contributed by atoms with Gasteiger partial charge in [-0.3, -0.25) is 14.3 Å². The van der Waals surface area contributed by atoms with Crippen molar-refractivity contribution < 1.29 is 18.3 Å². The van der Waals surface area contributed by atoms with E-state index >= 15 is 0 Å². The van der Waals surface area contributed by atoms with E-state index < -0.39 is 32.2 Å². The molecule has 0 amide bonds. The molecule has 0 aliphatic carbocycles. The zero-order valence-corrected chi connectivity index (χ0v) is 21.8. The van der Waals surface area contributed by atoms with Crippen molar-refractivity contribution >= 4 is 9.84 Å². The highest BCUT2D eigenvalue weighted by Gasteiger charge is 2.32. The lowest BCUT2D eigenvalue weighted by Crippen LogP contribution is -2.35. The summed E-state index contributed by atoms with van der Waals surface area (Å²) in [5.41, 5.74) is 2.59. The van der Waals surface area contributed by atoms with Gasteiger partial charge in [-0.1, -0.05) is 49.4 Å². The van der Waals surface area contributed by atoms with Crippen LogP contribution in [0.4, 0.5) is 0 Å². The van der Waals surface area contributed by atoms with Gasteiger partial charge in [-0.05, 0) is 53.8 Å². The Balaban J connectivity index is 1.87. The van der Waals surface area contributed by atoms with Gasteiger partial charge in [0.25, 0.3) is 5.56 Å². The summed E-state index contributed by atoms with van der Waals surface area (Å²) in [6, 6.07) is 16.6. The first-order valence-electron chi connectivity index (χ1n) is 11.9. The van der Waals surface area contributed by atoms with Gasteiger partial charge in [0.05, 0.1) is 17.5 Å². The van der Waals surface area contributed by atoms with Crippen molar-refractivity contribution in [3.8, 4) is 17.0 Å². The number of ether oxygens (including phenoxy) is 1. The first kappa shape index (κ1) is 26.2. The van der Waals surface area contributed by atoms with Gasteiger partial charge in [0.1, 0.15) is 5.82 Å². The second kappa shape index (κ2) is 11.1. The molecule has 1 unspecified atom stereocenters. The second-order valence-electron chi connectivity index (χ2n) is 8.71. The molecule has 0 saturated heterocycles. The van der Waals surface area contributed by atoms with Crippen molar-refractivity contribution in [2.75, 3.05) is 13.7 Å². The smallest absolute Gasteiger partial charge is 0.277 e. The van der Waals surface area contributed by atoms with E-state index in [1.807, 2.05) is 50.2 Å². The molecule has 4 aromatic rings. The van der Waals surface area contributed by atoms with Crippen LogP contribution in [0.5, 0.6) is 5.88 Å². The Bertz CT molecular complexity index is 1550. The number of rotatable bonds is 9. The van der Waals surface area contributed by atoms with E-state index in [1.54, 1.807) is 24.5 Å². The monoisotopic (exact) mass is 519 g/mol. The van der Waals surface area contributed by atoms with Crippen LogP contribution < -0.4 is 5.56 Å². The van der Waals surface area contributed by atoms with E-state index in [0.717, 1.165) is 22.3 Å². The van der Waals surface area contributed by atoms with Crippen LogP contribution in [0, 0.1) is 6.92 Å². The lowest BCUT2D eigenvalue weighted by molar-refractivity contribution is 0.165. The number of benzene rings is 2. The number of hydrogen-bond acceptors (Lipinski definition) is 7. The number of pyridine rings is 1. The molecule has 0 aliphatic rings. The van der Waals surface area contributed by atoms with Crippen LogP contribution in [0.1, 0.15) is 36.3 Å². The van der Waals surface area contributed by atoms with Crippen molar-refractivity contribution in [1.29, 1.82) is 0 Å². The summed E-state index contributed by atoms with van der Waals surface area (Å²) in [7, 11) is -2.88. The number of aryl methyl sites for hydroxylation is 2. The molecular weight excluding hydrogens is 490 g/mol. The van der Waals surface area contributed by atoms with E-state index in [9.17, 15) is 18.3 Å². The molecule has 2 heterocycles. The number of sulfone groups is 1. The minimum Gasteiger partial charge on any atom is -0.492 e. The van der Waals surface area contributed by atoms with Gasteiger partial charge >= 0.3 is 0 Å². The minimum absolute atomic E-state index is 0.116. The summed E-state index contributed by atoms with van der Waals surface area (Å²) in [6.45, 7) is 3.95. The highest BCUT2D eigenvalue weighted by Crippen LogP contribution is 2.30. The van der Waals surface area contributed by atoms with Gasteiger partial charge in [-0.15, -0.1) is 0 Å². The molecule has 0 spiro atoms. The first-order valence-corrected chi connectivity index (χ1v) is 13.4. The summed E-state index contributed by atoms with van der Waals surface area (Å²) in [4.78, 5) is 21.3. The largest absolute Gasteiger partial charge is 0.492 e. The molecule has 0 aliphatic heterocycles. The second-order valence-corrected chi connectivity index (χ2v) is 10.6. The molecule has 0 bridgehead atoms. The highest BCUT2D eigenvalue weighted by atomic mass is 32.2. The molecule has 4 rings (SSSR count). The number of aromatic nitrogens is 3. The van der Waals surface area contributed by atoms with Crippen molar-refractivity contribution in [3.05, 3.63) is 100 Å². The third-order valence-corrected chi connectivity index (χ3v) is 7.98. The van der Waals surface area contributed by atoms with E-state index in [0.29, 0.717) is 18.7 Å². The topological polar surface area (TPSA) is 111 Å². The molecule has 1 N–H and O–H groups in total. The van der Waals surface area contributed by atoms with Crippen LogP contribution in [0.15, 0.2) is 87.6 Å². The van der Waals surface area contributed by atoms with E-state index in [-0.39, 0.29) is 11.5 Å². The normalized spacial score (nSPS) is 12.4. The Labute approximate surface area is 216 Å². The average molecular weight is 520 g/mol. The molecule has 2 aromatic heterocycles. The SMILES string of the molecule is CCCc1nc(O)c(S(=O)(=O)c2ccc(-c3ccncc3C)cc2)c(=O)n1C(COC)c1ccccc1. The fraction of sp³-hybridized carbons (Fsp3) is 0.250. The molecule has 2 aromatic carbocycles. The Kier molecular flexibility index (Phi) is 7.85. The fourth-order valence-corrected chi connectivity index (χ4v) is 5.73. The Morgan fingerprint density at radius 2 is 1.76 bits per heavy atom. The van der Waals surface area contributed by atoms with Gasteiger partial charge in [-0.2, -0.15) is 4.98 Å². The van der Waals surface area contributed by atoms with Gasteiger partial charge in [0, 0.05) is 25.9 Å². The number of aromatic hydroxyl groups is 1. The Hall–Kier alpha value is -3.82. The molecule has 8 nitrogen and oxygen atoms in total. The summed E-state index contributed by atoms with van der Waals surface area (Å²) in [5, 5.41) is 10.7. The van der Waals surface area contributed by atoms with Crippen LogP contribution in [-0.2, 0) is 21.0 Å². The third kappa shape index (κ3) is 5.19. The summed E-state index contributed by atoms with van der Waals surface area (Å²) in [5.74, 6) is -0.513. The molecule has 9 heteroatoms. The zero-order valence-electron chi connectivity index (χ0n) is 21.0. The van der Waals surface area contributed by atoms with Crippen molar-refractivity contribution in [3.63, 3.8) is 0 Å². The number of methoxy groups -OCH3 is 1. The standard InChI is InChI=1S/C28H29N3O5S/c1-4-8-25-30-27(32)26(28(33)31(25)24(18-36-3)21-9-6-5-7-10-21)37(34,35)22-13-11-20(12-14-22)23-15-16-29-17-19(23)2/h5-7,9-17,24,32H,4,8,18H2,1-3H3. The highest BCUT2D eigenvalue weighted by molar-refractivity contribution is 7.91. The van der Waals surface area contributed by atoms with Crippen molar-refractivity contribution in [2.45, 2.75) is 42.5 Å². The van der Waals surface area contributed by atoms with Gasteiger partial charge < -0.3 is 9.84 Å². The quantitative estimate of drug-likeness (QED) is 0.350. The lowest BCUT2D eigenvalue weighted by atomic mass is 10.0. The molecular formula is C28H29N3O5S. The van der Waals surface area contributed by atoms with Gasteiger partial charge in [0.15, 0.2) is 4.90 Å². The molecule has 1 atom stereocenters. The Morgan fingerprint density at radius 3 is 2.38 bits per heavy atom. The molecule has 192 valence electrons. The maximum atomic E-state index is 13.8. The number of hydrogen-bond donors (Lipinski definition) is 1. The first-order chi connectivity index (χ1) is 17.8. The predicted octanol–water partition coefficient (Wildman–Crippen LogP) is 4.34. The fourth-order valence-electron chi connectivity index (χ4n) is 4.39. The summed E-state index contributed by atoms with van der Waals surface area (Å²) < 4.78 is 34.1. The minimum atomic E-state index is -4.39. The van der Waals surface area contributed by atoms with Gasteiger partial charge in [-0.25, -0.2) is 8.42 Å². The van der Waals surface area contributed by atoms with E-state index in [2.05, 4.69) is 9.97 Å². The maximum Gasteiger partial charge on any atom is 0.277 e. The van der Waals surface area contributed by atoms with E-state index in [1.165, 1.54) is 23.8 Å². The van der Waals surface area contributed by atoms with Crippen LogP contribution in [0.25, 0.3) is 11.1 Å². The molecule has 37 heavy (non-hydrogen) atoms. The van der Waals surface area contributed by atoms with Crippen LogP contribution in [0.2, 0.25) is 0 Å². The molecule has 0 fully saturated rings. The Morgan fingerprint density at radius 1 is 1.05 bits per heavy atom. The summed E-state index contributed by atoms with van der Waals surface area (Å²) in [6.07, 6.45) is 4.41. The number of nitrogens with zero attached hydrogens (tertiary/aromatic N) is 3. The molecule has 0 saturated carbocycles. The average Bonchev–Trinajstić information content (AvgIpc) is 2.89. The zero-order chi connectivity index (χ0) is 26.6.